The molecule has 0 aromatic rings. The van der Waals surface area contributed by atoms with E-state index in [-0.39, 0.29) is 0 Å². The van der Waals surface area contributed by atoms with Gasteiger partial charge in [0.2, 0.25) is 0 Å². The first-order valence-corrected chi connectivity index (χ1v) is 5.96. The fourth-order valence-electron chi connectivity index (χ4n) is 0.379. The van der Waals surface area contributed by atoms with Crippen molar-refractivity contribution in [1.29, 1.82) is 0 Å². The van der Waals surface area contributed by atoms with Crippen molar-refractivity contribution in [1.82, 2.24) is 0 Å². The van der Waals surface area contributed by atoms with Crippen LogP contribution < -0.4 is 0 Å². The Morgan fingerprint density at radius 3 is 2.30 bits per heavy atom. The first-order valence-electron chi connectivity index (χ1n) is 2.93. The predicted octanol–water partition coefficient (Wildman–Crippen LogP) is 1.38. The van der Waals surface area contributed by atoms with Crippen LogP contribution in [0, 0.1) is 0 Å². The Bertz CT molecular complexity index is 117. The highest BCUT2D eigenvalue weighted by atomic mass is 32.3. The van der Waals surface area contributed by atoms with Crippen LogP contribution in [0.1, 0.15) is 0 Å². The third-order valence-corrected chi connectivity index (χ3v) is 2.31. The van der Waals surface area contributed by atoms with Crippen molar-refractivity contribution < 1.29 is 14.6 Å². The largest absolute Gasteiger partial charge is 0.505 e. The topological polar surface area (TPSA) is 46.5 Å². The fraction of sp³-hybridized carbons (Fsp3) is 0.833. The summed E-state index contributed by atoms with van der Waals surface area (Å²) in [5, 5.41) is 8.10. The molecule has 0 unspecified atom stereocenters. The second-order valence-corrected chi connectivity index (χ2v) is 7.50. The van der Waals surface area contributed by atoms with Gasteiger partial charge in [0.05, 0.1) is 0 Å². The van der Waals surface area contributed by atoms with Gasteiger partial charge < -0.3 is 9.84 Å². The molecule has 0 fully saturated rings. The van der Waals surface area contributed by atoms with E-state index < -0.39 is 16.2 Å². The van der Waals surface area contributed by atoms with Crippen molar-refractivity contribution in [3.63, 3.8) is 0 Å². The van der Waals surface area contributed by atoms with Crippen molar-refractivity contribution in [3.05, 3.63) is 0 Å². The summed E-state index contributed by atoms with van der Waals surface area (Å²) in [5.74, 6) is 0.847. The number of hydrogen-bond acceptors (Lipinski definition) is 2. The zero-order valence-electron chi connectivity index (χ0n) is 6.59. The normalized spacial score (nSPS) is 12.7. The number of hydrogen-bond donors (Lipinski definition) is 1. The van der Waals surface area contributed by atoms with E-state index in [9.17, 15) is 4.79 Å². The van der Waals surface area contributed by atoms with Gasteiger partial charge in [-0.1, -0.05) is 0 Å². The standard InChI is InChI=1S/C6H14O3S/c1-10(2,3)5-4-9-6(7)8/h4-5H2,1-3H3,(H,7,8). The second kappa shape index (κ2) is 3.71. The van der Waals surface area contributed by atoms with E-state index in [1.807, 2.05) is 0 Å². The highest BCUT2D eigenvalue weighted by Crippen LogP contribution is 2.33. The molecule has 0 radical (unpaired) electrons. The van der Waals surface area contributed by atoms with E-state index in [4.69, 9.17) is 5.11 Å². The van der Waals surface area contributed by atoms with Gasteiger partial charge in [-0.25, -0.2) is 14.8 Å². The summed E-state index contributed by atoms with van der Waals surface area (Å²) in [7, 11) is -0.608. The number of ether oxygens (including phenoxy) is 1. The average Bonchev–Trinajstić information content (AvgIpc) is 1.59. The van der Waals surface area contributed by atoms with Gasteiger partial charge in [-0.2, -0.15) is 0 Å². The molecule has 0 aliphatic carbocycles. The smallest absolute Gasteiger partial charge is 0.450 e. The minimum atomic E-state index is -1.18. The maximum Gasteiger partial charge on any atom is 0.505 e. The highest BCUT2D eigenvalue weighted by Gasteiger charge is 2.04. The summed E-state index contributed by atoms with van der Waals surface area (Å²) in [6, 6.07) is 0. The fourth-order valence-corrected chi connectivity index (χ4v) is 0.962. The lowest BCUT2D eigenvalue weighted by Crippen LogP contribution is -2.09. The highest BCUT2D eigenvalue weighted by molar-refractivity contribution is 8.32. The third kappa shape index (κ3) is 7.62. The molecule has 0 saturated carbocycles. The van der Waals surface area contributed by atoms with Crippen LogP contribution in [-0.2, 0) is 4.74 Å². The molecular formula is C6H14O3S. The quantitative estimate of drug-likeness (QED) is 0.644. The molecule has 0 aliphatic rings. The molecule has 1 N–H and O–H groups in total. The second-order valence-electron chi connectivity index (χ2n) is 2.91. The molecule has 0 amide bonds. The summed E-state index contributed by atoms with van der Waals surface area (Å²) >= 11 is 0. The van der Waals surface area contributed by atoms with Crippen LogP contribution in [0.4, 0.5) is 4.79 Å². The van der Waals surface area contributed by atoms with Gasteiger partial charge >= 0.3 is 6.16 Å². The molecule has 10 heavy (non-hydrogen) atoms. The molecule has 0 rings (SSSR count). The number of carboxylic acid groups (broad SMARTS) is 1. The van der Waals surface area contributed by atoms with E-state index >= 15 is 0 Å². The van der Waals surface area contributed by atoms with Crippen molar-refractivity contribution in [2.75, 3.05) is 31.1 Å². The molecule has 0 aromatic carbocycles. The van der Waals surface area contributed by atoms with Crippen molar-refractivity contribution in [3.8, 4) is 0 Å². The predicted molar refractivity (Wildman–Crippen MR) is 44.2 cm³/mol. The van der Waals surface area contributed by atoms with Gasteiger partial charge in [0.15, 0.2) is 0 Å². The molecule has 0 spiro atoms. The first-order chi connectivity index (χ1) is 4.42. The molecular weight excluding hydrogens is 152 g/mol. The monoisotopic (exact) mass is 166 g/mol. The van der Waals surface area contributed by atoms with Crippen LogP contribution in [0.2, 0.25) is 0 Å². The van der Waals surface area contributed by atoms with Crippen molar-refractivity contribution in [2.24, 2.45) is 0 Å². The minimum Gasteiger partial charge on any atom is -0.450 e. The molecule has 3 nitrogen and oxygen atoms in total. The lowest BCUT2D eigenvalue weighted by atomic mass is 10.9. The zero-order valence-corrected chi connectivity index (χ0v) is 7.40. The molecule has 0 saturated heterocycles. The van der Waals surface area contributed by atoms with E-state index in [1.165, 1.54) is 0 Å². The maximum absolute atomic E-state index is 9.87. The third-order valence-electron chi connectivity index (χ3n) is 0.921. The van der Waals surface area contributed by atoms with Gasteiger partial charge in [0.1, 0.15) is 6.61 Å². The van der Waals surface area contributed by atoms with E-state index in [2.05, 4.69) is 23.5 Å². The van der Waals surface area contributed by atoms with Crippen LogP contribution in [0.25, 0.3) is 0 Å². The van der Waals surface area contributed by atoms with Gasteiger partial charge in [0.25, 0.3) is 0 Å². The van der Waals surface area contributed by atoms with Gasteiger partial charge in [0, 0.05) is 5.75 Å². The van der Waals surface area contributed by atoms with Crippen LogP contribution in [0.5, 0.6) is 0 Å². The Labute approximate surface area is 62.7 Å². The Morgan fingerprint density at radius 1 is 1.50 bits per heavy atom. The van der Waals surface area contributed by atoms with Crippen molar-refractivity contribution in [2.45, 2.75) is 0 Å². The Balaban J connectivity index is 3.29. The number of carbonyl (C=O) groups is 1. The Morgan fingerprint density at radius 2 is 2.00 bits per heavy atom. The van der Waals surface area contributed by atoms with E-state index in [0.29, 0.717) is 6.61 Å². The first kappa shape index (κ1) is 9.62. The molecule has 0 bridgehead atoms. The SMILES string of the molecule is CS(C)(C)CCOC(=O)O. The summed E-state index contributed by atoms with van der Waals surface area (Å²) in [5.41, 5.74) is 0. The average molecular weight is 166 g/mol. The molecule has 4 heteroatoms. The molecule has 0 heterocycles. The molecule has 62 valence electrons. The maximum atomic E-state index is 9.87. The summed E-state index contributed by atoms with van der Waals surface area (Å²) < 4.78 is 4.36. The van der Waals surface area contributed by atoms with Crippen LogP contribution in [0.15, 0.2) is 0 Å². The molecule has 0 aromatic heterocycles. The van der Waals surface area contributed by atoms with Crippen molar-refractivity contribution >= 4 is 16.2 Å². The Hall–Kier alpha value is -0.380. The minimum absolute atomic E-state index is 0.328. The van der Waals surface area contributed by atoms with Gasteiger partial charge in [-0.05, 0) is 18.8 Å². The molecule has 0 atom stereocenters. The zero-order chi connectivity index (χ0) is 8.20. The summed E-state index contributed by atoms with van der Waals surface area (Å²) in [6.07, 6.45) is 5.19. The Kier molecular flexibility index (Phi) is 3.57. The van der Waals surface area contributed by atoms with Crippen LogP contribution >= 0.6 is 10.0 Å². The van der Waals surface area contributed by atoms with Crippen LogP contribution in [0.3, 0.4) is 0 Å². The number of rotatable bonds is 3. The van der Waals surface area contributed by atoms with E-state index in [1.54, 1.807) is 0 Å². The van der Waals surface area contributed by atoms with Crippen LogP contribution in [-0.4, -0.2) is 42.4 Å². The molecule has 0 aliphatic heterocycles. The lowest BCUT2D eigenvalue weighted by Gasteiger charge is -2.23. The van der Waals surface area contributed by atoms with Gasteiger partial charge in [-0.15, -0.1) is 0 Å². The summed E-state index contributed by atoms with van der Waals surface area (Å²) in [6.45, 7) is 0.328. The van der Waals surface area contributed by atoms with E-state index in [0.717, 1.165) is 5.75 Å². The van der Waals surface area contributed by atoms with Gasteiger partial charge in [-0.3, -0.25) is 0 Å². The summed E-state index contributed by atoms with van der Waals surface area (Å²) in [4.78, 5) is 9.87. The lowest BCUT2D eigenvalue weighted by molar-refractivity contribution is 0.0974.